The summed E-state index contributed by atoms with van der Waals surface area (Å²) in [4.78, 5) is 13.8. The molecule has 2 aromatic rings. The molecule has 1 amide bonds. The molecule has 7 nitrogen and oxygen atoms in total. The van der Waals surface area contributed by atoms with Crippen LogP contribution in [0.5, 0.6) is 11.5 Å². The molecule has 0 radical (unpaired) electrons. The van der Waals surface area contributed by atoms with Crippen LogP contribution < -0.4 is 19.1 Å². The number of para-hydroxylation sites is 2. The van der Waals surface area contributed by atoms with Crippen LogP contribution in [0.2, 0.25) is 0 Å². The molecule has 1 N–H and O–H groups in total. The fourth-order valence-electron chi connectivity index (χ4n) is 2.97. The van der Waals surface area contributed by atoms with Crippen LogP contribution in [0.25, 0.3) is 0 Å². The van der Waals surface area contributed by atoms with Crippen molar-refractivity contribution in [3.63, 3.8) is 0 Å². The summed E-state index contributed by atoms with van der Waals surface area (Å²) in [7, 11) is -3.85. The molecule has 2 aliphatic rings. The molecule has 0 aromatic heterocycles. The smallest absolute Gasteiger partial charge is 0.262 e. The third-order valence-electron chi connectivity index (χ3n) is 4.31. The predicted octanol–water partition coefficient (Wildman–Crippen LogP) is 2.73. The number of amides is 1. The zero-order valence-corrected chi connectivity index (χ0v) is 15.0. The molecule has 2 aromatic carbocycles. The molecule has 0 atom stereocenters. The van der Waals surface area contributed by atoms with E-state index < -0.39 is 10.0 Å². The Balaban J connectivity index is 1.68. The third kappa shape index (κ3) is 3.08. The topological polar surface area (TPSA) is 84.9 Å². The Bertz CT molecular complexity index is 969. The van der Waals surface area contributed by atoms with E-state index in [0.717, 1.165) is 12.8 Å². The molecule has 1 heterocycles. The summed E-state index contributed by atoms with van der Waals surface area (Å²) in [5.74, 6) is 0.799. The van der Waals surface area contributed by atoms with Gasteiger partial charge in [-0.3, -0.25) is 9.52 Å². The lowest BCUT2D eigenvalue weighted by atomic mass is 10.2. The van der Waals surface area contributed by atoms with Crippen molar-refractivity contribution < 1.29 is 22.7 Å². The quantitative estimate of drug-likeness (QED) is 0.870. The van der Waals surface area contributed by atoms with Crippen LogP contribution in [0.15, 0.2) is 47.4 Å². The number of ether oxygens (including phenoxy) is 2. The summed E-state index contributed by atoms with van der Waals surface area (Å²) < 4.78 is 38.7. The van der Waals surface area contributed by atoms with Crippen molar-refractivity contribution in [1.82, 2.24) is 0 Å². The molecule has 8 heteroatoms. The molecular weight excluding hydrogens is 356 g/mol. The molecule has 0 bridgehead atoms. The van der Waals surface area contributed by atoms with Gasteiger partial charge >= 0.3 is 0 Å². The lowest BCUT2D eigenvalue weighted by Gasteiger charge is -2.24. The average molecular weight is 374 g/mol. The van der Waals surface area contributed by atoms with Gasteiger partial charge in [0.05, 0.1) is 16.3 Å². The van der Waals surface area contributed by atoms with Crippen molar-refractivity contribution in [3.8, 4) is 11.5 Å². The number of fused-ring (bicyclic) bond motifs is 1. The number of hydrogen-bond acceptors (Lipinski definition) is 5. The first-order valence-corrected chi connectivity index (χ1v) is 9.75. The van der Waals surface area contributed by atoms with E-state index in [2.05, 4.69) is 4.72 Å². The summed E-state index contributed by atoms with van der Waals surface area (Å²) in [6, 6.07) is 11.5. The van der Waals surface area contributed by atoms with Crippen molar-refractivity contribution in [2.75, 3.05) is 16.4 Å². The van der Waals surface area contributed by atoms with Crippen LogP contribution >= 0.6 is 0 Å². The first-order valence-electron chi connectivity index (χ1n) is 8.27. The molecule has 4 rings (SSSR count). The number of rotatable bonds is 5. The lowest BCUT2D eigenvalue weighted by Crippen LogP contribution is -2.31. The van der Waals surface area contributed by atoms with Gasteiger partial charge in [-0.1, -0.05) is 12.1 Å². The summed E-state index contributed by atoms with van der Waals surface area (Å²) in [5.41, 5.74) is 0.930. The predicted molar refractivity (Wildman–Crippen MR) is 96.0 cm³/mol. The van der Waals surface area contributed by atoms with Crippen LogP contribution in [-0.2, 0) is 14.8 Å². The second-order valence-corrected chi connectivity index (χ2v) is 7.94. The van der Waals surface area contributed by atoms with E-state index in [0.29, 0.717) is 22.9 Å². The molecule has 0 saturated heterocycles. The highest BCUT2D eigenvalue weighted by Crippen LogP contribution is 2.38. The van der Waals surface area contributed by atoms with Gasteiger partial charge in [0.2, 0.25) is 12.7 Å². The average Bonchev–Trinajstić information content (AvgIpc) is 3.31. The standard InChI is InChI=1S/C18H18N2O5S/c1-12(21)20(13-6-7-13)16-5-3-2-4-15(16)19-26(22,23)14-8-9-17-18(10-14)25-11-24-17/h2-5,8-10,13,19H,6-7,11H2,1H3. The minimum Gasteiger partial charge on any atom is -0.454 e. The number of nitrogens with one attached hydrogen (secondary N) is 1. The molecule has 1 saturated carbocycles. The number of carbonyl (C=O) groups is 1. The minimum atomic E-state index is -3.85. The highest BCUT2D eigenvalue weighted by Gasteiger charge is 2.33. The van der Waals surface area contributed by atoms with E-state index in [1.54, 1.807) is 35.2 Å². The molecule has 0 unspecified atom stereocenters. The van der Waals surface area contributed by atoms with Crippen LogP contribution in [0, 0.1) is 0 Å². The largest absolute Gasteiger partial charge is 0.454 e. The monoisotopic (exact) mass is 374 g/mol. The maximum atomic E-state index is 12.8. The molecule has 1 fully saturated rings. The summed E-state index contributed by atoms with van der Waals surface area (Å²) in [6.45, 7) is 1.56. The first kappa shape index (κ1) is 16.7. The van der Waals surface area contributed by atoms with E-state index in [1.807, 2.05) is 0 Å². The first-order chi connectivity index (χ1) is 12.5. The van der Waals surface area contributed by atoms with E-state index in [9.17, 15) is 13.2 Å². The van der Waals surface area contributed by atoms with Crippen molar-refractivity contribution in [1.29, 1.82) is 0 Å². The summed E-state index contributed by atoms with van der Waals surface area (Å²) in [6.07, 6.45) is 1.84. The van der Waals surface area contributed by atoms with E-state index in [1.165, 1.54) is 19.1 Å². The Hall–Kier alpha value is -2.74. The highest BCUT2D eigenvalue weighted by molar-refractivity contribution is 7.92. The number of sulfonamides is 1. The SMILES string of the molecule is CC(=O)N(c1ccccc1NS(=O)(=O)c1ccc2c(c1)OCO2)C1CC1. The number of hydrogen-bond donors (Lipinski definition) is 1. The van der Waals surface area contributed by atoms with Crippen LogP contribution in [0.3, 0.4) is 0 Å². The zero-order chi connectivity index (χ0) is 18.3. The maximum Gasteiger partial charge on any atom is 0.262 e. The van der Waals surface area contributed by atoms with Crippen molar-refractivity contribution in [2.24, 2.45) is 0 Å². The normalized spacial score (nSPS) is 15.6. The third-order valence-corrected chi connectivity index (χ3v) is 5.68. The van der Waals surface area contributed by atoms with Gasteiger partial charge in [0, 0.05) is 19.0 Å². The van der Waals surface area contributed by atoms with Gasteiger partial charge in [-0.05, 0) is 37.1 Å². The van der Waals surface area contributed by atoms with Gasteiger partial charge in [-0.25, -0.2) is 8.42 Å². The molecule has 0 spiro atoms. The second-order valence-electron chi connectivity index (χ2n) is 6.26. The molecule has 136 valence electrons. The molecular formula is C18H18N2O5S. The highest BCUT2D eigenvalue weighted by atomic mass is 32.2. The Morgan fingerprint density at radius 3 is 2.58 bits per heavy atom. The number of anilines is 2. The second kappa shape index (κ2) is 6.21. The summed E-state index contributed by atoms with van der Waals surface area (Å²) >= 11 is 0. The minimum absolute atomic E-state index is 0.0670. The fourth-order valence-corrected chi connectivity index (χ4v) is 4.06. The molecule has 1 aliphatic heterocycles. The molecule has 26 heavy (non-hydrogen) atoms. The van der Waals surface area contributed by atoms with Gasteiger partial charge < -0.3 is 14.4 Å². The van der Waals surface area contributed by atoms with E-state index >= 15 is 0 Å². The number of benzene rings is 2. The lowest BCUT2D eigenvalue weighted by molar-refractivity contribution is -0.116. The van der Waals surface area contributed by atoms with Crippen LogP contribution in [0.1, 0.15) is 19.8 Å². The van der Waals surface area contributed by atoms with Gasteiger partial charge in [0.25, 0.3) is 10.0 Å². The summed E-state index contributed by atoms with van der Waals surface area (Å²) in [5, 5.41) is 0. The fraction of sp³-hybridized carbons (Fsp3) is 0.278. The Morgan fingerprint density at radius 2 is 1.85 bits per heavy atom. The van der Waals surface area contributed by atoms with Crippen molar-refractivity contribution >= 4 is 27.3 Å². The van der Waals surface area contributed by atoms with Crippen LogP contribution in [-0.4, -0.2) is 27.2 Å². The number of carbonyl (C=O) groups excluding carboxylic acids is 1. The van der Waals surface area contributed by atoms with E-state index in [-0.39, 0.29) is 23.6 Å². The van der Waals surface area contributed by atoms with Gasteiger partial charge in [-0.15, -0.1) is 0 Å². The Kier molecular flexibility index (Phi) is 3.99. The van der Waals surface area contributed by atoms with Crippen LogP contribution in [0.4, 0.5) is 11.4 Å². The Morgan fingerprint density at radius 1 is 1.12 bits per heavy atom. The van der Waals surface area contributed by atoms with Gasteiger partial charge in [-0.2, -0.15) is 0 Å². The number of nitrogens with zero attached hydrogens (tertiary/aromatic N) is 1. The molecule has 1 aliphatic carbocycles. The Labute approximate surface area is 151 Å². The van der Waals surface area contributed by atoms with Gasteiger partial charge in [0.15, 0.2) is 11.5 Å². The maximum absolute atomic E-state index is 12.8. The zero-order valence-electron chi connectivity index (χ0n) is 14.1. The van der Waals surface area contributed by atoms with Crippen molar-refractivity contribution in [3.05, 3.63) is 42.5 Å². The van der Waals surface area contributed by atoms with E-state index in [4.69, 9.17) is 9.47 Å². The van der Waals surface area contributed by atoms with Crippen molar-refractivity contribution in [2.45, 2.75) is 30.7 Å². The van der Waals surface area contributed by atoms with Gasteiger partial charge in [0.1, 0.15) is 0 Å².